The van der Waals surface area contributed by atoms with Crippen molar-refractivity contribution in [3.05, 3.63) is 58.5 Å². The summed E-state index contributed by atoms with van der Waals surface area (Å²) in [5.41, 5.74) is 1.33. The zero-order valence-electron chi connectivity index (χ0n) is 17.3. The fourth-order valence-electron chi connectivity index (χ4n) is 3.29. The lowest BCUT2D eigenvalue weighted by molar-refractivity contribution is -0.114. The lowest BCUT2D eigenvalue weighted by Gasteiger charge is -2.12. The summed E-state index contributed by atoms with van der Waals surface area (Å²) in [5.74, 6) is -0.397. The zero-order valence-corrected chi connectivity index (χ0v) is 18.1. The van der Waals surface area contributed by atoms with Gasteiger partial charge in [0.2, 0.25) is 5.91 Å². The van der Waals surface area contributed by atoms with Crippen molar-refractivity contribution in [1.82, 2.24) is 14.8 Å². The summed E-state index contributed by atoms with van der Waals surface area (Å²) < 4.78 is 2.17. The highest BCUT2D eigenvalue weighted by molar-refractivity contribution is 7.22. The molecule has 8 nitrogen and oxygen atoms in total. The van der Waals surface area contributed by atoms with Crippen molar-refractivity contribution in [2.24, 2.45) is 5.92 Å². The Morgan fingerprint density at radius 3 is 2.55 bits per heavy atom. The molecule has 2 heterocycles. The number of hydrogen-bond donors (Lipinski definition) is 2. The van der Waals surface area contributed by atoms with E-state index in [1.807, 2.05) is 13.8 Å². The molecule has 0 bridgehead atoms. The smallest absolute Gasteiger partial charge is 0.278 e. The highest BCUT2D eigenvalue weighted by Gasteiger charge is 2.18. The molecule has 0 fully saturated rings. The van der Waals surface area contributed by atoms with E-state index in [1.54, 1.807) is 42.5 Å². The van der Waals surface area contributed by atoms with Gasteiger partial charge in [0.05, 0.1) is 15.6 Å². The van der Waals surface area contributed by atoms with Gasteiger partial charge in [0.15, 0.2) is 10.8 Å². The summed E-state index contributed by atoms with van der Waals surface area (Å²) in [5, 5.41) is 11.3. The van der Waals surface area contributed by atoms with Crippen LogP contribution in [0.2, 0.25) is 0 Å². The normalized spacial score (nSPS) is 11.2. The first-order valence-corrected chi connectivity index (χ1v) is 10.6. The summed E-state index contributed by atoms with van der Waals surface area (Å²) in [6, 6.07) is 12.3. The minimum atomic E-state index is -0.435. The Morgan fingerprint density at radius 2 is 1.84 bits per heavy atom. The summed E-state index contributed by atoms with van der Waals surface area (Å²) in [6.45, 7) is 5.83. The number of rotatable bonds is 5. The number of carbonyl (C=O) groups excluding carboxylic acids is 2. The largest absolute Gasteiger partial charge is 0.326 e. The molecule has 158 valence electrons. The molecule has 2 aromatic heterocycles. The molecule has 2 aromatic carbocycles. The number of amides is 2. The van der Waals surface area contributed by atoms with Gasteiger partial charge in [0.25, 0.3) is 11.5 Å². The van der Waals surface area contributed by atoms with E-state index in [-0.39, 0.29) is 23.1 Å². The minimum Gasteiger partial charge on any atom is -0.326 e. The number of fused-ring (bicyclic) bond motifs is 2. The molecule has 0 spiro atoms. The van der Waals surface area contributed by atoms with Gasteiger partial charge < -0.3 is 5.32 Å². The maximum Gasteiger partial charge on any atom is 0.278 e. The van der Waals surface area contributed by atoms with Crippen LogP contribution < -0.4 is 16.2 Å². The second-order valence-corrected chi connectivity index (χ2v) is 8.64. The van der Waals surface area contributed by atoms with Gasteiger partial charge in [0.1, 0.15) is 0 Å². The number of benzene rings is 2. The molecular weight excluding hydrogens is 414 g/mol. The molecule has 0 radical (unpaired) electrons. The first kappa shape index (κ1) is 20.7. The van der Waals surface area contributed by atoms with E-state index in [2.05, 4.69) is 20.7 Å². The molecule has 0 unspecified atom stereocenters. The van der Waals surface area contributed by atoms with Gasteiger partial charge in [0, 0.05) is 24.5 Å². The molecule has 4 rings (SSSR count). The maximum atomic E-state index is 13.1. The number of anilines is 2. The number of carbonyl (C=O) groups is 2. The van der Waals surface area contributed by atoms with Crippen LogP contribution in [0.15, 0.2) is 47.3 Å². The third kappa shape index (κ3) is 4.31. The number of aromatic nitrogens is 3. The van der Waals surface area contributed by atoms with Crippen molar-refractivity contribution in [3.63, 3.8) is 0 Å². The van der Waals surface area contributed by atoms with Crippen LogP contribution in [0, 0.1) is 5.92 Å². The highest BCUT2D eigenvalue weighted by atomic mass is 32.1. The van der Waals surface area contributed by atoms with E-state index < -0.39 is 5.91 Å². The van der Waals surface area contributed by atoms with Crippen molar-refractivity contribution in [2.75, 3.05) is 10.6 Å². The molecule has 0 aliphatic rings. The van der Waals surface area contributed by atoms with Crippen molar-refractivity contribution >= 4 is 55.0 Å². The summed E-state index contributed by atoms with van der Waals surface area (Å²) in [6.07, 6.45) is 0. The van der Waals surface area contributed by atoms with E-state index in [0.29, 0.717) is 33.7 Å². The molecule has 2 N–H and O–H groups in total. The van der Waals surface area contributed by atoms with E-state index in [1.165, 1.54) is 22.9 Å². The monoisotopic (exact) mass is 435 g/mol. The van der Waals surface area contributed by atoms with Crippen LogP contribution in [0.5, 0.6) is 0 Å². The predicted molar refractivity (Wildman–Crippen MR) is 123 cm³/mol. The van der Waals surface area contributed by atoms with Crippen LogP contribution in [-0.4, -0.2) is 26.6 Å². The van der Waals surface area contributed by atoms with Crippen molar-refractivity contribution in [1.29, 1.82) is 0 Å². The van der Waals surface area contributed by atoms with Gasteiger partial charge >= 0.3 is 0 Å². The zero-order chi connectivity index (χ0) is 22.1. The fourth-order valence-corrected chi connectivity index (χ4v) is 4.19. The van der Waals surface area contributed by atoms with Crippen LogP contribution >= 0.6 is 11.3 Å². The molecule has 2 amide bonds. The Hall–Kier alpha value is -3.59. The summed E-state index contributed by atoms with van der Waals surface area (Å²) >= 11 is 1.29. The highest BCUT2D eigenvalue weighted by Crippen LogP contribution is 2.29. The van der Waals surface area contributed by atoms with E-state index >= 15 is 0 Å². The van der Waals surface area contributed by atoms with Crippen LogP contribution in [0.4, 0.5) is 10.8 Å². The third-order valence-corrected chi connectivity index (χ3v) is 5.48. The van der Waals surface area contributed by atoms with E-state index in [0.717, 1.165) is 4.70 Å². The van der Waals surface area contributed by atoms with E-state index in [4.69, 9.17) is 0 Å². The van der Waals surface area contributed by atoms with Gasteiger partial charge in [-0.15, -0.1) is 0 Å². The van der Waals surface area contributed by atoms with Crippen LogP contribution in [-0.2, 0) is 11.3 Å². The molecular formula is C22H21N5O3S. The lowest BCUT2D eigenvalue weighted by atomic mass is 10.1. The Kier molecular flexibility index (Phi) is 5.51. The molecule has 9 heteroatoms. The Labute approximate surface area is 181 Å². The van der Waals surface area contributed by atoms with Crippen molar-refractivity contribution in [3.8, 4) is 0 Å². The quantitative estimate of drug-likeness (QED) is 0.495. The number of nitrogens with one attached hydrogen (secondary N) is 2. The summed E-state index contributed by atoms with van der Waals surface area (Å²) in [4.78, 5) is 41.6. The predicted octanol–water partition coefficient (Wildman–Crippen LogP) is 3.87. The van der Waals surface area contributed by atoms with Gasteiger partial charge in [-0.25, -0.2) is 9.67 Å². The first-order valence-electron chi connectivity index (χ1n) is 9.81. The molecule has 0 atom stereocenters. The second-order valence-electron chi connectivity index (χ2n) is 7.61. The van der Waals surface area contributed by atoms with Gasteiger partial charge in [-0.2, -0.15) is 5.10 Å². The molecule has 0 aliphatic heterocycles. The number of thiazole rings is 1. The minimum absolute atomic E-state index is 0.160. The van der Waals surface area contributed by atoms with Crippen LogP contribution in [0.3, 0.4) is 0 Å². The average Bonchev–Trinajstić information content (AvgIpc) is 3.10. The number of nitrogens with zero attached hydrogens (tertiary/aromatic N) is 3. The molecule has 31 heavy (non-hydrogen) atoms. The Balaban J connectivity index is 1.70. The van der Waals surface area contributed by atoms with Gasteiger partial charge in [-0.1, -0.05) is 43.4 Å². The molecule has 0 aliphatic carbocycles. The fraction of sp³-hybridized carbons (Fsp3) is 0.227. The van der Waals surface area contributed by atoms with Crippen LogP contribution in [0.25, 0.3) is 21.0 Å². The molecule has 4 aromatic rings. The Morgan fingerprint density at radius 1 is 1.10 bits per heavy atom. The molecule has 0 saturated carbocycles. The molecule has 0 saturated heterocycles. The van der Waals surface area contributed by atoms with Gasteiger partial charge in [-0.05, 0) is 30.2 Å². The average molecular weight is 436 g/mol. The SMILES string of the molecule is CC(=O)Nc1ccc2nc(NC(=O)c3nn(CC(C)C)c(=O)c4ccccc34)sc2c1. The van der Waals surface area contributed by atoms with Crippen LogP contribution in [0.1, 0.15) is 31.3 Å². The summed E-state index contributed by atoms with van der Waals surface area (Å²) in [7, 11) is 0. The van der Waals surface area contributed by atoms with E-state index in [9.17, 15) is 14.4 Å². The van der Waals surface area contributed by atoms with Crippen molar-refractivity contribution in [2.45, 2.75) is 27.3 Å². The van der Waals surface area contributed by atoms with Crippen molar-refractivity contribution < 1.29 is 9.59 Å². The second kappa shape index (κ2) is 8.27. The maximum absolute atomic E-state index is 13.1. The Bertz CT molecular complexity index is 1370. The lowest BCUT2D eigenvalue weighted by Crippen LogP contribution is -2.29. The third-order valence-electron chi connectivity index (χ3n) is 4.55. The first-order chi connectivity index (χ1) is 14.8. The standard InChI is InChI=1S/C22H21N5O3S/c1-12(2)11-27-21(30)16-7-5-4-6-15(16)19(26-27)20(29)25-22-24-17-9-8-14(23-13(3)28)10-18(17)31-22/h4-10,12H,11H2,1-3H3,(H,23,28)(H,24,25,29). The van der Waals surface area contributed by atoms with Gasteiger partial charge in [-0.3, -0.25) is 19.7 Å². The topological polar surface area (TPSA) is 106 Å². The number of hydrogen-bond acceptors (Lipinski definition) is 6.